The second-order valence-electron chi connectivity index (χ2n) is 13.1. The molecule has 0 aliphatic carbocycles. The number of piperazine rings is 1. The van der Waals surface area contributed by atoms with Crippen molar-refractivity contribution < 1.29 is 28.3 Å². The summed E-state index contributed by atoms with van der Waals surface area (Å²) < 4.78 is 28.6. The summed E-state index contributed by atoms with van der Waals surface area (Å²) in [5.41, 5.74) is 4.39. The summed E-state index contributed by atoms with van der Waals surface area (Å²) >= 11 is 0. The highest BCUT2D eigenvalue weighted by molar-refractivity contribution is 6.00. The van der Waals surface area contributed by atoms with Crippen LogP contribution in [-0.4, -0.2) is 77.0 Å². The summed E-state index contributed by atoms with van der Waals surface area (Å²) in [6, 6.07) is 23.4. The van der Waals surface area contributed by atoms with Gasteiger partial charge in [-0.15, -0.1) is 0 Å². The smallest absolute Gasteiger partial charge is 0.253 e. The second-order valence-corrected chi connectivity index (χ2v) is 13.1. The Balaban J connectivity index is 1.41. The van der Waals surface area contributed by atoms with Crippen molar-refractivity contribution in [2.75, 3.05) is 26.2 Å². The molecule has 10 heteroatoms. The van der Waals surface area contributed by atoms with Gasteiger partial charge in [-0.25, -0.2) is 8.78 Å². The van der Waals surface area contributed by atoms with Crippen LogP contribution in [0.4, 0.5) is 8.78 Å². The van der Waals surface area contributed by atoms with Crippen molar-refractivity contribution in [2.45, 2.75) is 64.8 Å². The van der Waals surface area contributed by atoms with Crippen molar-refractivity contribution in [3.63, 3.8) is 0 Å². The number of hydrogen-bond acceptors (Lipinski definition) is 5. The van der Waals surface area contributed by atoms with Crippen LogP contribution in [0.5, 0.6) is 0 Å². The van der Waals surface area contributed by atoms with E-state index in [0.717, 1.165) is 47.7 Å². The van der Waals surface area contributed by atoms with E-state index in [4.69, 9.17) is 0 Å². The third-order valence-corrected chi connectivity index (χ3v) is 9.10. The predicted octanol–water partition coefficient (Wildman–Crippen LogP) is 5.91. The van der Waals surface area contributed by atoms with Crippen LogP contribution in [0.2, 0.25) is 0 Å². The van der Waals surface area contributed by atoms with Crippen molar-refractivity contribution >= 4 is 17.7 Å². The molecule has 4 aromatic carbocycles. The van der Waals surface area contributed by atoms with Crippen LogP contribution in [0.3, 0.4) is 0 Å². The van der Waals surface area contributed by atoms with Crippen molar-refractivity contribution in [3.8, 4) is 11.1 Å². The lowest BCUT2D eigenvalue weighted by Gasteiger charge is -2.38. The third-order valence-electron chi connectivity index (χ3n) is 9.10. The quantitative estimate of drug-likeness (QED) is 0.152. The van der Waals surface area contributed by atoms with E-state index in [-0.39, 0.29) is 29.4 Å². The van der Waals surface area contributed by atoms with Crippen molar-refractivity contribution in [1.82, 2.24) is 20.4 Å². The fourth-order valence-corrected chi connectivity index (χ4v) is 6.74. The Hall–Kier alpha value is -4.93. The molecule has 3 N–H and O–H groups in total. The Kier molecular flexibility index (Phi) is 12.7. The van der Waals surface area contributed by atoms with E-state index in [1.165, 1.54) is 6.07 Å². The van der Waals surface area contributed by atoms with E-state index in [1.807, 2.05) is 68.4 Å². The highest BCUT2D eigenvalue weighted by atomic mass is 19.1. The van der Waals surface area contributed by atoms with Crippen LogP contribution in [0.1, 0.15) is 64.1 Å². The summed E-state index contributed by atoms with van der Waals surface area (Å²) in [5.74, 6) is -2.75. The van der Waals surface area contributed by atoms with Crippen LogP contribution in [0.25, 0.3) is 11.1 Å². The van der Waals surface area contributed by atoms with E-state index in [9.17, 15) is 28.3 Å². The average Bonchev–Trinajstić information content (AvgIpc) is 3.11. The van der Waals surface area contributed by atoms with Gasteiger partial charge < -0.3 is 25.5 Å². The standard InChI is InChI=1S/C41H46F2N4O4/c1-4-16-46(17-5-2)40(50)32-20-27(3)19-31(24-32)39(49)45-36(23-28-21-33(42)25-34(43)22-28)38(48)37-41(51)47(18-15-44-37)26-30-13-9-10-14-35(30)29-11-7-6-8-12-29/h6-14,19-22,24-25,36-38,44,48H,4-5,15-18,23,26H2,1-3H3,(H,45,49)/t36-,37-,38-/m0/s1. The predicted molar refractivity (Wildman–Crippen MR) is 194 cm³/mol. The van der Waals surface area contributed by atoms with E-state index in [1.54, 1.807) is 28.9 Å². The summed E-state index contributed by atoms with van der Waals surface area (Å²) in [7, 11) is 0. The molecule has 0 aromatic heterocycles. The van der Waals surface area contributed by atoms with Gasteiger partial charge >= 0.3 is 0 Å². The molecule has 0 radical (unpaired) electrons. The number of rotatable bonds is 14. The summed E-state index contributed by atoms with van der Waals surface area (Å²) in [6.07, 6.45) is -0.0654. The maximum absolute atomic E-state index is 14.3. The topological polar surface area (TPSA) is 102 Å². The molecule has 0 saturated carbocycles. The van der Waals surface area contributed by atoms with Gasteiger partial charge in [-0.1, -0.05) is 68.4 Å². The number of nitrogens with zero attached hydrogens (tertiary/aromatic N) is 2. The Morgan fingerprint density at radius 2 is 1.57 bits per heavy atom. The summed E-state index contributed by atoms with van der Waals surface area (Å²) in [5, 5.41) is 17.8. The number of aliphatic hydroxyl groups excluding tert-OH is 1. The Morgan fingerprint density at radius 1 is 0.922 bits per heavy atom. The molecule has 1 heterocycles. The molecule has 5 rings (SSSR count). The monoisotopic (exact) mass is 696 g/mol. The Bertz CT molecular complexity index is 1810. The minimum Gasteiger partial charge on any atom is -0.389 e. The Morgan fingerprint density at radius 3 is 2.25 bits per heavy atom. The van der Waals surface area contributed by atoms with E-state index < -0.39 is 35.7 Å². The van der Waals surface area contributed by atoms with Gasteiger partial charge in [0.15, 0.2) is 0 Å². The van der Waals surface area contributed by atoms with E-state index in [0.29, 0.717) is 43.9 Å². The van der Waals surface area contributed by atoms with Crippen molar-refractivity contribution in [1.29, 1.82) is 0 Å². The number of nitrogens with one attached hydrogen (secondary N) is 2. The van der Waals surface area contributed by atoms with Gasteiger partial charge in [-0.2, -0.15) is 0 Å². The number of amides is 3. The minimum absolute atomic E-state index is 0.164. The molecule has 4 aromatic rings. The number of benzene rings is 4. The maximum Gasteiger partial charge on any atom is 0.253 e. The number of aliphatic hydroxyl groups is 1. The zero-order valence-electron chi connectivity index (χ0n) is 29.4. The zero-order valence-corrected chi connectivity index (χ0v) is 29.4. The van der Waals surface area contributed by atoms with Gasteiger partial charge in [0.25, 0.3) is 11.8 Å². The summed E-state index contributed by atoms with van der Waals surface area (Å²) in [6.45, 7) is 8.01. The molecule has 1 saturated heterocycles. The molecule has 8 nitrogen and oxygen atoms in total. The van der Waals surface area contributed by atoms with Gasteiger partial charge in [0.05, 0.1) is 12.1 Å². The first-order valence-electron chi connectivity index (χ1n) is 17.6. The molecule has 0 unspecified atom stereocenters. The molecule has 0 spiro atoms. The fraction of sp³-hybridized carbons (Fsp3) is 0.341. The molecule has 1 aliphatic heterocycles. The molecule has 51 heavy (non-hydrogen) atoms. The lowest BCUT2D eigenvalue weighted by atomic mass is 9.93. The number of carbonyl (C=O) groups is 3. The van der Waals surface area contributed by atoms with Crippen LogP contribution in [0, 0.1) is 18.6 Å². The number of halogens is 2. The number of carbonyl (C=O) groups excluding carboxylic acids is 3. The first-order chi connectivity index (χ1) is 24.6. The highest BCUT2D eigenvalue weighted by Crippen LogP contribution is 2.26. The average molecular weight is 697 g/mol. The van der Waals surface area contributed by atoms with Crippen LogP contribution < -0.4 is 10.6 Å². The van der Waals surface area contributed by atoms with E-state index >= 15 is 0 Å². The number of aryl methyl sites for hydroxylation is 1. The lowest BCUT2D eigenvalue weighted by molar-refractivity contribution is -0.140. The second kappa shape index (κ2) is 17.3. The van der Waals surface area contributed by atoms with Crippen molar-refractivity contribution in [3.05, 3.63) is 130 Å². The lowest BCUT2D eigenvalue weighted by Crippen LogP contribution is -2.63. The maximum atomic E-state index is 14.3. The first-order valence-corrected chi connectivity index (χ1v) is 17.6. The molecule has 268 valence electrons. The molecule has 1 aliphatic rings. The normalized spacial score (nSPS) is 15.7. The Labute approximate surface area is 298 Å². The van der Waals surface area contributed by atoms with Crippen molar-refractivity contribution in [2.24, 2.45) is 0 Å². The largest absolute Gasteiger partial charge is 0.389 e. The molecular weight excluding hydrogens is 650 g/mol. The molecule has 3 amide bonds. The van der Waals surface area contributed by atoms with Gasteiger partial charge in [-0.05, 0) is 84.3 Å². The minimum atomic E-state index is -1.48. The van der Waals surface area contributed by atoms with Gasteiger partial charge in [-0.3, -0.25) is 14.4 Å². The molecule has 3 atom stereocenters. The zero-order chi connectivity index (χ0) is 36.5. The molecule has 1 fully saturated rings. The molecular formula is C41H46F2N4O4. The van der Waals surface area contributed by atoms with E-state index in [2.05, 4.69) is 10.6 Å². The third kappa shape index (κ3) is 9.45. The SMILES string of the molecule is CCCN(CCC)C(=O)c1cc(C)cc(C(=O)N[C@@H](Cc2cc(F)cc(F)c2)[C@H](O)[C@@H]2NCCN(Cc3ccccc3-c3ccccc3)C2=O)c1. The van der Waals surface area contributed by atoms with Gasteiger partial charge in [0.1, 0.15) is 17.7 Å². The van der Waals surface area contributed by atoms with Crippen LogP contribution >= 0.6 is 0 Å². The van der Waals surface area contributed by atoms with Crippen LogP contribution in [-0.2, 0) is 17.8 Å². The van der Waals surface area contributed by atoms with Crippen LogP contribution in [0.15, 0.2) is 91.0 Å². The fourth-order valence-electron chi connectivity index (χ4n) is 6.74. The summed E-state index contributed by atoms with van der Waals surface area (Å²) in [4.78, 5) is 44.7. The number of hydrogen-bond donors (Lipinski definition) is 3. The first kappa shape index (κ1) is 37.3. The molecule has 0 bridgehead atoms. The highest BCUT2D eigenvalue weighted by Gasteiger charge is 2.39. The van der Waals surface area contributed by atoms with Gasteiger partial charge in [0.2, 0.25) is 5.91 Å². The van der Waals surface area contributed by atoms with Gasteiger partial charge in [0, 0.05) is 49.9 Å².